The van der Waals surface area contributed by atoms with Crippen LogP contribution in [0, 0.1) is 20.8 Å². The molecule has 0 aromatic carbocycles. The van der Waals surface area contributed by atoms with Crippen LogP contribution in [0.3, 0.4) is 0 Å². The second-order valence-electron chi connectivity index (χ2n) is 4.71. The van der Waals surface area contributed by atoms with E-state index in [4.69, 9.17) is 79.8 Å². The lowest BCUT2D eigenvalue weighted by Gasteiger charge is -1.92. The highest BCUT2D eigenvalue weighted by molar-refractivity contribution is 6.33. The fourth-order valence-corrected chi connectivity index (χ4v) is 2.60. The van der Waals surface area contributed by atoms with Gasteiger partial charge in [0, 0.05) is 0 Å². The van der Waals surface area contributed by atoms with Crippen molar-refractivity contribution in [2.45, 2.75) is 20.8 Å². The number of aromatic nitrogens is 9. The first-order valence-electron chi connectivity index (χ1n) is 7.79. The number of aliphatic hydroxyl groups is 2. The quantitative estimate of drug-likeness (QED) is 0.455. The van der Waals surface area contributed by atoms with Gasteiger partial charge in [-0.15, -0.1) is 0 Å². The van der Waals surface area contributed by atoms with E-state index >= 15 is 0 Å². The molecule has 0 unspecified atom stereocenters. The zero-order valence-electron chi connectivity index (χ0n) is 16.1. The van der Waals surface area contributed by atoms with Crippen LogP contribution in [-0.4, -0.2) is 68.3 Å². The van der Waals surface area contributed by atoms with Crippen molar-refractivity contribution in [3.8, 4) is 0 Å². The number of aliphatic hydroxyl groups excluding tert-OH is 2. The van der Waals surface area contributed by atoms with Crippen molar-refractivity contribution < 1.29 is 10.2 Å². The Bertz CT molecular complexity index is 683. The highest BCUT2D eigenvalue weighted by atomic mass is 35.5. The summed E-state index contributed by atoms with van der Waals surface area (Å²) >= 11 is 32.3. The summed E-state index contributed by atoms with van der Waals surface area (Å²) in [7, 11) is 0. The third-order valence-corrected chi connectivity index (χ3v) is 3.19. The van der Waals surface area contributed by atoms with E-state index in [-0.39, 0.29) is 44.9 Å². The highest BCUT2D eigenvalue weighted by Gasteiger charge is 1.98. The van der Waals surface area contributed by atoms with Gasteiger partial charge in [0.15, 0.2) is 0 Å². The third-order valence-electron chi connectivity index (χ3n) is 2.18. The van der Waals surface area contributed by atoms with E-state index < -0.39 is 0 Å². The Morgan fingerprint density at radius 2 is 0.613 bits per heavy atom. The van der Waals surface area contributed by atoms with Crippen molar-refractivity contribution in [3.63, 3.8) is 0 Å². The van der Waals surface area contributed by atoms with E-state index in [0.29, 0.717) is 17.5 Å². The lowest BCUT2D eigenvalue weighted by atomic mass is 10.6. The van der Waals surface area contributed by atoms with Gasteiger partial charge in [0.25, 0.3) is 0 Å². The molecule has 11 nitrogen and oxygen atoms in total. The summed E-state index contributed by atoms with van der Waals surface area (Å²) in [5, 5.41) is 15.8. The summed E-state index contributed by atoms with van der Waals surface area (Å²) in [4.78, 5) is 32.8. The Balaban J connectivity index is 0.000000402. The van der Waals surface area contributed by atoms with Crippen LogP contribution < -0.4 is 0 Å². The van der Waals surface area contributed by atoms with Gasteiger partial charge in [0.05, 0.1) is 13.2 Å². The lowest BCUT2D eigenvalue weighted by molar-refractivity contribution is 0.186. The van der Waals surface area contributed by atoms with Gasteiger partial charge in [-0.3, -0.25) is 0 Å². The van der Waals surface area contributed by atoms with E-state index in [1.54, 1.807) is 20.8 Å². The van der Waals surface area contributed by atoms with E-state index in [1.807, 2.05) is 0 Å². The Morgan fingerprint density at radius 3 is 0.806 bits per heavy atom. The average molecular weight is 554 g/mol. The number of rotatable bonds is 1. The molecule has 0 aliphatic heterocycles. The minimum Gasteiger partial charge on any atom is -0.394 e. The molecule has 0 amide bonds. The van der Waals surface area contributed by atoms with Gasteiger partial charge in [0.2, 0.25) is 31.7 Å². The minimum atomic E-state index is -0.125. The third kappa shape index (κ3) is 16.0. The van der Waals surface area contributed by atoms with Gasteiger partial charge < -0.3 is 10.2 Å². The van der Waals surface area contributed by atoms with Crippen LogP contribution in [-0.2, 0) is 0 Å². The van der Waals surface area contributed by atoms with Crippen LogP contribution in [0.2, 0.25) is 31.7 Å². The molecule has 17 heteroatoms. The first-order valence-corrected chi connectivity index (χ1v) is 10.1. The monoisotopic (exact) mass is 551 g/mol. The van der Waals surface area contributed by atoms with Crippen LogP contribution in [0.15, 0.2) is 0 Å². The molecule has 0 fully saturated rings. The molecule has 170 valence electrons. The first kappa shape index (κ1) is 29.7. The molecule has 3 heterocycles. The van der Waals surface area contributed by atoms with Gasteiger partial charge in [-0.2, -0.15) is 19.9 Å². The van der Waals surface area contributed by atoms with Crippen molar-refractivity contribution in [2.24, 2.45) is 0 Å². The average Bonchev–Trinajstić information content (AvgIpc) is 2.59. The molecule has 0 saturated carbocycles. The summed E-state index contributed by atoms with van der Waals surface area (Å²) in [6.45, 7) is 5.00. The number of hydrogen-bond donors (Lipinski definition) is 2. The smallest absolute Gasteiger partial charge is 0.227 e. The van der Waals surface area contributed by atoms with E-state index in [0.717, 1.165) is 0 Å². The van der Waals surface area contributed by atoms with Crippen LogP contribution in [0.1, 0.15) is 17.5 Å². The zero-order chi connectivity index (χ0) is 24.0. The minimum absolute atomic E-state index is 0.000000000000000444. The normalized spacial score (nSPS) is 9.39. The summed E-state index contributed by atoms with van der Waals surface area (Å²) in [6, 6.07) is 0. The predicted octanol–water partition coefficient (Wildman–Crippen LogP) is 3.43. The second kappa shape index (κ2) is 16.3. The molecule has 0 aliphatic carbocycles. The fourth-order valence-electron chi connectivity index (χ4n) is 1.30. The van der Waals surface area contributed by atoms with E-state index in [9.17, 15) is 0 Å². The molecule has 3 aromatic heterocycles. The summed E-state index contributed by atoms with van der Waals surface area (Å²) in [5.74, 6) is 1.85. The molecule has 3 rings (SSSR count). The highest BCUT2D eigenvalue weighted by Crippen LogP contribution is 2.08. The van der Waals surface area contributed by atoms with E-state index in [1.165, 1.54) is 0 Å². The molecule has 0 atom stereocenters. The summed E-state index contributed by atoms with van der Waals surface area (Å²) < 4.78 is 0. The number of nitrogens with zero attached hydrogens (tertiary/aromatic N) is 9. The molecule has 0 spiro atoms. The zero-order valence-corrected chi connectivity index (χ0v) is 20.6. The van der Waals surface area contributed by atoms with Crippen molar-refractivity contribution in [1.29, 1.82) is 0 Å². The first-order chi connectivity index (χ1) is 14.5. The molecular weight excluding hydrogens is 539 g/mol. The largest absolute Gasteiger partial charge is 0.394 e. The van der Waals surface area contributed by atoms with Crippen LogP contribution in [0.5, 0.6) is 0 Å². The number of aryl methyl sites for hydroxylation is 3. The Labute approximate surface area is 207 Å². The van der Waals surface area contributed by atoms with Crippen LogP contribution >= 0.6 is 69.6 Å². The SMILES string of the molecule is Cc1nc(C)nc(Cl)n1.Cc1nc(Cl)nc(Cl)n1.Clc1nc(Cl)nc(Cl)n1.OCCO. The van der Waals surface area contributed by atoms with Gasteiger partial charge in [-0.05, 0) is 90.4 Å². The molecule has 0 radical (unpaired) electrons. The van der Waals surface area contributed by atoms with Gasteiger partial charge in [0.1, 0.15) is 17.5 Å². The van der Waals surface area contributed by atoms with E-state index in [2.05, 4.69) is 44.9 Å². The fraction of sp³-hybridized carbons (Fsp3) is 0.357. The standard InChI is InChI=1S/C5H6ClN3.C4H3Cl2N3.C3Cl3N3.C2H6O2/c1-3-7-4(2)9-5(6)8-3;1-2-7-3(5)9-4(6)8-2;4-1-7-2(5)9-3(6)8-1;3-1-2-4/h1-2H3;1H3;;3-4H,1-2H2. The molecule has 0 saturated heterocycles. The van der Waals surface area contributed by atoms with Crippen molar-refractivity contribution in [3.05, 3.63) is 49.2 Å². The second-order valence-corrected chi connectivity index (χ2v) is 6.74. The van der Waals surface area contributed by atoms with Crippen LogP contribution in [0.25, 0.3) is 0 Å². The maximum atomic E-state index is 7.62. The van der Waals surface area contributed by atoms with Crippen molar-refractivity contribution in [2.75, 3.05) is 13.2 Å². The van der Waals surface area contributed by atoms with Crippen molar-refractivity contribution in [1.82, 2.24) is 44.9 Å². The number of hydrogen-bond acceptors (Lipinski definition) is 11. The molecule has 31 heavy (non-hydrogen) atoms. The van der Waals surface area contributed by atoms with Crippen LogP contribution in [0.4, 0.5) is 0 Å². The number of halogens is 6. The molecule has 3 aromatic rings. The molecular formula is C14H15Cl6N9O2. The topological polar surface area (TPSA) is 156 Å². The Morgan fingerprint density at radius 1 is 0.419 bits per heavy atom. The van der Waals surface area contributed by atoms with Crippen molar-refractivity contribution >= 4 is 69.6 Å². The predicted molar refractivity (Wildman–Crippen MR) is 118 cm³/mol. The Hall–Kier alpha value is -1.31. The summed E-state index contributed by atoms with van der Waals surface area (Å²) in [5.41, 5.74) is 0. The molecule has 2 N–H and O–H groups in total. The molecule has 0 aliphatic rings. The van der Waals surface area contributed by atoms with Gasteiger partial charge >= 0.3 is 0 Å². The lowest BCUT2D eigenvalue weighted by Crippen LogP contribution is -1.94. The van der Waals surface area contributed by atoms with Gasteiger partial charge in [-0.1, -0.05) is 0 Å². The maximum absolute atomic E-state index is 7.62. The maximum Gasteiger partial charge on any atom is 0.227 e. The Kier molecular flexibility index (Phi) is 15.7. The summed E-state index contributed by atoms with van der Waals surface area (Å²) in [6.07, 6.45) is 0. The molecule has 0 bridgehead atoms. The van der Waals surface area contributed by atoms with Gasteiger partial charge in [-0.25, -0.2) is 24.9 Å².